The molecular weight excluding hydrogens is 408 g/mol. The van der Waals surface area contributed by atoms with Gasteiger partial charge in [0.25, 0.3) is 5.91 Å². The maximum atomic E-state index is 13.0. The quantitative estimate of drug-likeness (QED) is 0.791. The summed E-state index contributed by atoms with van der Waals surface area (Å²) >= 11 is 3.50. The molecule has 1 N–H and O–H groups in total. The largest absolute Gasteiger partial charge is 0.493 e. The van der Waals surface area contributed by atoms with E-state index in [0.29, 0.717) is 35.5 Å². The van der Waals surface area contributed by atoms with E-state index in [1.165, 1.54) is 0 Å². The van der Waals surface area contributed by atoms with Gasteiger partial charge in [-0.05, 0) is 72.8 Å². The molecule has 0 saturated carbocycles. The number of rotatable bonds is 4. The lowest BCUT2D eigenvalue weighted by Crippen LogP contribution is -2.32. The van der Waals surface area contributed by atoms with Gasteiger partial charge in [-0.1, -0.05) is 0 Å². The Morgan fingerprint density at radius 1 is 1.28 bits per heavy atom. The van der Waals surface area contributed by atoms with Crippen LogP contribution < -0.4 is 14.8 Å². The number of methoxy groups -OCH3 is 1. The van der Waals surface area contributed by atoms with E-state index in [-0.39, 0.29) is 18.3 Å². The summed E-state index contributed by atoms with van der Waals surface area (Å²) in [5, 5.41) is 3.47. The highest BCUT2D eigenvalue weighted by Gasteiger charge is 2.32. The van der Waals surface area contributed by atoms with Crippen LogP contribution >= 0.6 is 28.3 Å². The Balaban J connectivity index is 0.00000225. The average Bonchev–Trinajstić information content (AvgIpc) is 2.94. The van der Waals surface area contributed by atoms with Crippen LogP contribution in [-0.4, -0.2) is 50.7 Å². The van der Waals surface area contributed by atoms with Gasteiger partial charge in [-0.25, -0.2) is 0 Å². The number of hydrogen-bond donors (Lipinski definition) is 1. The van der Waals surface area contributed by atoms with E-state index >= 15 is 0 Å². The summed E-state index contributed by atoms with van der Waals surface area (Å²) in [6.45, 7) is 6.31. The molecule has 0 radical (unpaired) electrons. The minimum atomic E-state index is 0. The number of nitrogens with zero attached hydrogens (tertiary/aromatic N) is 1. The van der Waals surface area contributed by atoms with Crippen molar-refractivity contribution in [1.82, 2.24) is 10.2 Å². The molecule has 2 atom stereocenters. The van der Waals surface area contributed by atoms with Gasteiger partial charge in [0.1, 0.15) is 0 Å². The van der Waals surface area contributed by atoms with Crippen molar-refractivity contribution in [2.75, 3.05) is 39.9 Å². The standard InChI is InChI=1S/C18H25BrN2O3.ClH/c1-3-24-17-15(19)8-14(9-16(17)23-2)18(22)21-6-4-12-10-20-11-13(12)5-7-21;/h8-9,12-13,20H,3-7,10-11H2,1-2H3;1H/t12-,13+;. The molecule has 2 saturated heterocycles. The number of carbonyl (C=O) groups excluding carboxylic acids is 1. The van der Waals surface area contributed by atoms with Gasteiger partial charge >= 0.3 is 0 Å². The van der Waals surface area contributed by atoms with Crippen molar-refractivity contribution in [3.63, 3.8) is 0 Å². The Labute approximate surface area is 164 Å². The molecule has 1 aromatic carbocycles. The fraction of sp³-hybridized carbons (Fsp3) is 0.611. The molecule has 0 unspecified atom stereocenters. The maximum absolute atomic E-state index is 13.0. The monoisotopic (exact) mass is 432 g/mol. The van der Waals surface area contributed by atoms with Gasteiger partial charge in [-0.3, -0.25) is 4.79 Å². The first-order chi connectivity index (χ1) is 11.6. The van der Waals surface area contributed by atoms with Crippen molar-refractivity contribution in [3.05, 3.63) is 22.2 Å². The SMILES string of the molecule is CCOc1c(Br)cc(C(=O)N2CC[C@@H]3CNC[C@@H]3CC2)cc1OC.Cl. The third kappa shape index (κ3) is 4.41. The highest BCUT2D eigenvalue weighted by molar-refractivity contribution is 9.10. The maximum Gasteiger partial charge on any atom is 0.254 e. The Bertz CT molecular complexity index is 600. The molecule has 2 aliphatic rings. The first-order valence-corrected chi connectivity index (χ1v) is 9.43. The van der Waals surface area contributed by atoms with Gasteiger partial charge in [0.2, 0.25) is 0 Å². The number of hydrogen-bond acceptors (Lipinski definition) is 4. The summed E-state index contributed by atoms with van der Waals surface area (Å²) in [7, 11) is 1.60. The second-order valence-electron chi connectivity index (χ2n) is 6.47. The predicted molar refractivity (Wildman–Crippen MR) is 104 cm³/mol. The molecule has 0 aliphatic carbocycles. The molecule has 3 rings (SSSR count). The number of halogens is 2. The molecule has 5 nitrogen and oxygen atoms in total. The van der Waals surface area contributed by atoms with Gasteiger partial charge in [0.15, 0.2) is 11.5 Å². The zero-order valence-corrected chi connectivity index (χ0v) is 17.1. The van der Waals surface area contributed by atoms with E-state index in [1.807, 2.05) is 17.9 Å². The fourth-order valence-corrected chi connectivity index (χ4v) is 4.29. The number of carbonyl (C=O) groups is 1. The number of benzene rings is 1. The summed E-state index contributed by atoms with van der Waals surface area (Å²) < 4.78 is 11.8. The molecule has 0 spiro atoms. The molecule has 2 aliphatic heterocycles. The van der Waals surface area contributed by atoms with Crippen LogP contribution in [0.3, 0.4) is 0 Å². The van der Waals surface area contributed by atoms with Gasteiger partial charge in [0.05, 0.1) is 18.2 Å². The Kier molecular flexibility index (Phi) is 7.40. The van der Waals surface area contributed by atoms with Crippen molar-refractivity contribution in [2.24, 2.45) is 11.8 Å². The minimum absolute atomic E-state index is 0. The van der Waals surface area contributed by atoms with Crippen molar-refractivity contribution in [3.8, 4) is 11.5 Å². The van der Waals surface area contributed by atoms with Gasteiger partial charge < -0.3 is 19.7 Å². The lowest BCUT2D eigenvalue weighted by molar-refractivity contribution is 0.0758. The number of fused-ring (bicyclic) bond motifs is 1. The van der Waals surface area contributed by atoms with Crippen LogP contribution in [0.2, 0.25) is 0 Å². The molecule has 1 amide bonds. The summed E-state index contributed by atoms with van der Waals surface area (Å²) in [4.78, 5) is 14.9. The van der Waals surface area contributed by atoms with Crippen molar-refractivity contribution in [1.29, 1.82) is 0 Å². The van der Waals surface area contributed by atoms with Gasteiger partial charge in [0, 0.05) is 18.7 Å². The predicted octanol–water partition coefficient (Wildman–Crippen LogP) is 3.35. The summed E-state index contributed by atoms with van der Waals surface area (Å²) in [6.07, 6.45) is 2.16. The van der Waals surface area contributed by atoms with Crippen LogP contribution in [0.4, 0.5) is 0 Å². The summed E-state index contributed by atoms with van der Waals surface area (Å²) in [5.41, 5.74) is 0.646. The first-order valence-electron chi connectivity index (χ1n) is 8.64. The zero-order chi connectivity index (χ0) is 17.1. The highest BCUT2D eigenvalue weighted by atomic mass is 79.9. The second-order valence-corrected chi connectivity index (χ2v) is 7.32. The van der Waals surface area contributed by atoms with Crippen LogP contribution in [0, 0.1) is 11.8 Å². The molecule has 2 heterocycles. The van der Waals surface area contributed by atoms with E-state index in [1.54, 1.807) is 13.2 Å². The van der Waals surface area contributed by atoms with Crippen LogP contribution in [0.15, 0.2) is 16.6 Å². The molecule has 1 aromatic rings. The third-order valence-electron chi connectivity index (χ3n) is 5.07. The molecule has 140 valence electrons. The first kappa shape index (κ1) is 20.3. The van der Waals surface area contributed by atoms with Crippen molar-refractivity contribution < 1.29 is 14.3 Å². The van der Waals surface area contributed by atoms with E-state index in [4.69, 9.17) is 9.47 Å². The van der Waals surface area contributed by atoms with E-state index in [9.17, 15) is 4.79 Å². The molecular formula is C18H26BrClN2O3. The van der Waals surface area contributed by atoms with Crippen LogP contribution in [0.1, 0.15) is 30.1 Å². The molecule has 0 bridgehead atoms. The van der Waals surface area contributed by atoms with Crippen molar-refractivity contribution >= 4 is 34.2 Å². The normalized spacial score (nSPS) is 22.6. The smallest absolute Gasteiger partial charge is 0.254 e. The second kappa shape index (κ2) is 9.10. The molecule has 7 heteroatoms. The van der Waals surface area contributed by atoms with Crippen molar-refractivity contribution in [2.45, 2.75) is 19.8 Å². The Morgan fingerprint density at radius 3 is 2.48 bits per heavy atom. The van der Waals surface area contributed by atoms with E-state index in [0.717, 1.165) is 43.5 Å². The topological polar surface area (TPSA) is 50.8 Å². The minimum Gasteiger partial charge on any atom is -0.493 e. The van der Waals surface area contributed by atoms with Crippen LogP contribution in [0.25, 0.3) is 0 Å². The number of nitrogens with one attached hydrogen (secondary N) is 1. The summed E-state index contributed by atoms with van der Waals surface area (Å²) in [5.74, 6) is 2.73. The molecule has 25 heavy (non-hydrogen) atoms. The van der Waals surface area contributed by atoms with Gasteiger partial charge in [-0.15, -0.1) is 12.4 Å². The lowest BCUT2D eigenvalue weighted by Gasteiger charge is -2.22. The van der Waals surface area contributed by atoms with E-state index < -0.39 is 0 Å². The highest BCUT2D eigenvalue weighted by Crippen LogP contribution is 2.37. The fourth-order valence-electron chi connectivity index (χ4n) is 3.73. The van der Waals surface area contributed by atoms with Crippen LogP contribution in [0.5, 0.6) is 11.5 Å². The van der Waals surface area contributed by atoms with Crippen LogP contribution in [-0.2, 0) is 0 Å². The number of likely N-dealkylation sites (tertiary alicyclic amines) is 1. The Hall–Kier alpha value is -0.980. The molecule has 0 aromatic heterocycles. The molecule has 2 fully saturated rings. The average molecular weight is 434 g/mol. The summed E-state index contributed by atoms with van der Waals surface area (Å²) in [6, 6.07) is 3.62. The third-order valence-corrected chi connectivity index (χ3v) is 5.66. The Morgan fingerprint density at radius 2 is 1.92 bits per heavy atom. The lowest BCUT2D eigenvalue weighted by atomic mass is 9.92. The number of ether oxygens (including phenoxy) is 2. The van der Waals surface area contributed by atoms with Gasteiger partial charge in [-0.2, -0.15) is 0 Å². The number of amides is 1. The zero-order valence-electron chi connectivity index (χ0n) is 14.7. The van der Waals surface area contributed by atoms with E-state index in [2.05, 4.69) is 21.2 Å².